The summed E-state index contributed by atoms with van der Waals surface area (Å²) in [7, 11) is 3.83. The summed E-state index contributed by atoms with van der Waals surface area (Å²) < 4.78 is 9.93. The maximum atomic E-state index is 5.38. The van der Waals surface area contributed by atoms with Gasteiger partial charge in [-0.25, -0.2) is 0 Å². The van der Waals surface area contributed by atoms with Crippen LogP contribution in [0.3, 0.4) is 0 Å². The number of ether oxygens (including phenoxy) is 1. The van der Waals surface area contributed by atoms with Crippen LogP contribution < -0.4 is 10.1 Å². The predicted molar refractivity (Wildman–Crippen MR) is 108 cm³/mol. The summed E-state index contributed by atoms with van der Waals surface area (Å²) in [6.07, 6.45) is 4.58. The summed E-state index contributed by atoms with van der Waals surface area (Å²) >= 11 is 0. The summed E-state index contributed by atoms with van der Waals surface area (Å²) in [6, 6.07) is 6.36. The molecule has 3 aromatic rings. The smallest absolute Gasteiger partial charge is 0.147 e. The van der Waals surface area contributed by atoms with Gasteiger partial charge in [0.1, 0.15) is 17.4 Å². The highest BCUT2D eigenvalue weighted by atomic mass is 16.5. The number of likely N-dealkylation sites (tertiary alicyclic amines) is 1. The molecular formula is C21H28N6O. The minimum absolute atomic E-state index is 0.535. The summed E-state index contributed by atoms with van der Waals surface area (Å²) in [6.45, 7) is 6.07. The highest BCUT2D eigenvalue weighted by molar-refractivity contribution is 5.85. The maximum Gasteiger partial charge on any atom is 0.147 e. The van der Waals surface area contributed by atoms with E-state index in [-0.39, 0.29) is 0 Å². The number of piperidine rings is 1. The zero-order valence-corrected chi connectivity index (χ0v) is 16.7. The first kappa shape index (κ1) is 17.7. The van der Waals surface area contributed by atoms with Gasteiger partial charge in [0.2, 0.25) is 0 Å². The number of rotatable bonds is 4. The van der Waals surface area contributed by atoms with E-state index in [0.717, 1.165) is 63.7 Å². The third-order valence-electron chi connectivity index (χ3n) is 6.28. The molecule has 1 fully saturated rings. The quantitative estimate of drug-likeness (QED) is 0.752. The number of nitrogens with one attached hydrogen (secondary N) is 1. The molecule has 2 aromatic heterocycles. The first-order valence-corrected chi connectivity index (χ1v) is 10.2. The summed E-state index contributed by atoms with van der Waals surface area (Å²) in [5, 5.41) is 13.6. The molecule has 1 N–H and O–H groups in total. The normalized spacial score (nSPS) is 18.5. The second-order valence-electron chi connectivity index (χ2n) is 8.00. The van der Waals surface area contributed by atoms with Gasteiger partial charge in [0.15, 0.2) is 0 Å². The van der Waals surface area contributed by atoms with Gasteiger partial charge in [-0.3, -0.25) is 4.90 Å². The van der Waals surface area contributed by atoms with Gasteiger partial charge in [-0.05, 0) is 43.6 Å². The highest BCUT2D eigenvalue weighted by Crippen LogP contribution is 2.30. The first-order valence-electron chi connectivity index (χ1n) is 10.2. The van der Waals surface area contributed by atoms with Gasteiger partial charge in [0.25, 0.3) is 0 Å². The van der Waals surface area contributed by atoms with Gasteiger partial charge in [-0.15, -0.1) is 10.2 Å². The van der Waals surface area contributed by atoms with E-state index < -0.39 is 0 Å². The van der Waals surface area contributed by atoms with E-state index in [4.69, 9.17) is 4.74 Å². The van der Waals surface area contributed by atoms with Crippen LogP contribution in [0.4, 0.5) is 0 Å². The SMILES string of the molecule is COc1ccc2c(CN3CCC(c4nnc5n4CCNC5)CC3)cn(C)c2c1. The molecule has 2 aliphatic rings. The Morgan fingerprint density at radius 1 is 1.18 bits per heavy atom. The molecule has 0 spiro atoms. The minimum Gasteiger partial charge on any atom is -0.497 e. The lowest BCUT2D eigenvalue weighted by Gasteiger charge is -2.32. The molecule has 148 valence electrons. The fraction of sp³-hybridized carbons (Fsp3) is 0.524. The topological polar surface area (TPSA) is 60.1 Å². The molecule has 5 rings (SSSR count). The number of nitrogens with zero attached hydrogens (tertiary/aromatic N) is 5. The van der Waals surface area contributed by atoms with Crippen molar-refractivity contribution >= 4 is 10.9 Å². The van der Waals surface area contributed by atoms with E-state index in [1.165, 1.54) is 22.3 Å². The molecule has 0 aliphatic carbocycles. The fourth-order valence-corrected chi connectivity index (χ4v) is 4.71. The summed E-state index contributed by atoms with van der Waals surface area (Å²) in [5.74, 6) is 3.74. The lowest BCUT2D eigenvalue weighted by molar-refractivity contribution is 0.200. The van der Waals surface area contributed by atoms with Crippen LogP contribution in [0.2, 0.25) is 0 Å². The average molecular weight is 380 g/mol. The molecule has 0 bridgehead atoms. The molecule has 28 heavy (non-hydrogen) atoms. The Hall–Kier alpha value is -2.38. The highest BCUT2D eigenvalue weighted by Gasteiger charge is 2.27. The number of fused-ring (bicyclic) bond motifs is 2. The number of hydrogen-bond donors (Lipinski definition) is 1. The third-order valence-corrected chi connectivity index (χ3v) is 6.28. The molecule has 2 aliphatic heterocycles. The van der Waals surface area contributed by atoms with Crippen LogP contribution in [0, 0.1) is 0 Å². The molecule has 7 nitrogen and oxygen atoms in total. The van der Waals surface area contributed by atoms with Crippen molar-refractivity contribution in [3.63, 3.8) is 0 Å². The van der Waals surface area contributed by atoms with Crippen LogP contribution in [0.1, 0.15) is 36.0 Å². The molecule has 0 radical (unpaired) electrons. The Balaban J connectivity index is 1.28. The number of methoxy groups -OCH3 is 1. The second-order valence-corrected chi connectivity index (χ2v) is 8.00. The predicted octanol–water partition coefficient (Wildman–Crippen LogP) is 2.26. The Kier molecular flexibility index (Phi) is 4.56. The lowest BCUT2D eigenvalue weighted by Crippen LogP contribution is -2.34. The lowest BCUT2D eigenvalue weighted by atomic mass is 9.95. The van der Waals surface area contributed by atoms with E-state index in [9.17, 15) is 0 Å². The molecule has 0 atom stereocenters. The van der Waals surface area contributed by atoms with E-state index in [2.05, 4.69) is 61.0 Å². The fourth-order valence-electron chi connectivity index (χ4n) is 4.71. The minimum atomic E-state index is 0.535. The summed E-state index contributed by atoms with van der Waals surface area (Å²) in [4.78, 5) is 2.57. The van der Waals surface area contributed by atoms with Gasteiger partial charge >= 0.3 is 0 Å². The van der Waals surface area contributed by atoms with Crippen molar-refractivity contribution < 1.29 is 4.74 Å². The van der Waals surface area contributed by atoms with Gasteiger partial charge < -0.3 is 19.2 Å². The Morgan fingerprint density at radius 2 is 2.04 bits per heavy atom. The van der Waals surface area contributed by atoms with Crippen molar-refractivity contribution in [2.24, 2.45) is 7.05 Å². The monoisotopic (exact) mass is 380 g/mol. The van der Waals surface area contributed by atoms with Crippen molar-refractivity contribution in [3.8, 4) is 5.75 Å². The van der Waals surface area contributed by atoms with Crippen LogP contribution in [0.5, 0.6) is 5.75 Å². The zero-order valence-electron chi connectivity index (χ0n) is 16.7. The van der Waals surface area contributed by atoms with Crippen molar-refractivity contribution in [3.05, 3.63) is 41.6 Å². The Morgan fingerprint density at radius 3 is 2.86 bits per heavy atom. The molecule has 0 saturated carbocycles. The first-order chi connectivity index (χ1) is 13.7. The average Bonchev–Trinajstić information content (AvgIpc) is 3.30. The van der Waals surface area contributed by atoms with E-state index in [1.54, 1.807) is 7.11 Å². The molecule has 0 unspecified atom stereocenters. The van der Waals surface area contributed by atoms with Crippen LogP contribution in [-0.4, -0.2) is 51.0 Å². The van der Waals surface area contributed by atoms with Gasteiger partial charge in [0, 0.05) is 50.2 Å². The zero-order chi connectivity index (χ0) is 19.1. The van der Waals surface area contributed by atoms with Gasteiger partial charge in [0.05, 0.1) is 19.2 Å². The maximum absolute atomic E-state index is 5.38. The van der Waals surface area contributed by atoms with Crippen molar-refractivity contribution in [1.29, 1.82) is 0 Å². The van der Waals surface area contributed by atoms with Crippen molar-refractivity contribution in [1.82, 2.24) is 29.5 Å². The largest absolute Gasteiger partial charge is 0.497 e. The van der Waals surface area contributed by atoms with Crippen molar-refractivity contribution in [2.75, 3.05) is 26.7 Å². The standard InChI is InChI=1S/C21H28N6O/c1-25-13-16(18-4-3-17(28-2)11-19(18)25)14-26-8-5-15(6-9-26)21-24-23-20-12-22-7-10-27(20)21/h3-4,11,13,15,22H,5-10,12,14H2,1-2H3. The summed E-state index contributed by atoms with van der Waals surface area (Å²) in [5.41, 5.74) is 2.62. The van der Waals surface area contributed by atoms with Gasteiger partial charge in [-0.2, -0.15) is 0 Å². The van der Waals surface area contributed by atoms with E-state index in [0.29, 0.717) is 5.92 Å². The van der Waals surface area contributed by atoms with Crippen molar-refractivity contribution in [2.45, 2.75) is 38.4 Å². The molecule has 1 saturated heterocycles. The Bertz CT molecular complexity index is 982. The molecular weight excluding hydrogens is 352 g/mol. The molecule has 4 heterocycles. The number of aryl methyl sites for hydroxylation is 1. The third kappa shape index (κ3) is 3.08. The number of aromatic nitrogens is 4. The van der Waals surface area contributed by atoms with Crippen LogP contribution in [0.15, 0.2) is 24.4 Å². The van der Waals surface area contributed by atoms with Gasteiger partial charge in [-0.1, -0.05) is 0 Å². The van der Waals surface area contributed by atoms with E-state index in [1.807, 2.05) is 0 Å². The molecule has 0 amide bonds. The van der Waals surface area contributed by atoms with Crippen LogP contribution in [-0.2, 0) is 26.7 Å². The van der Waals surface area contributed by atoms with E-state index >= 15 is 0 Å². The molecule has 7 heteroatoms. The van der Waals surface area contributed by atoms with Crippen LogP contribution in [0.25, 0.3) is 10.9 Å². The molecule has 1 aromatic carbocycles. The Labute approximate surface area is 165 Å². The second kappa shape index (κ2) is 7.22. The number of benzene rings is 1. The van der Waals surface area contributed by atoms with Crippen LogP contribution >= 0.6 is 0 Å². The number of hydrogen-bond acceptors (Lipinski definition) is 5.